The van der Waals surface area contributed by atoms with Crippen LogP contribution < -0.4 is 15.6 Å². The Bertz CT molecular complexity index is 853. The quantitative estimate of drug-likeness (QED) is 0.538. The summed E-state index contributed by atoms with van der Waals surface area (Å²) in [5.74, 6) is 0. The second kappa shape index (κ2) is 8.81. The fourth-order valence-electron chi connectivity index (χ4n) is 3.35. The molecule has 0 radical (unpaired) electrons. The van der Waals surface area contributed by atoms with Gasteiger partial charge in [-0.3, -0.25) is 0 Å². The summed E-state index contributed by atoms with van der Waals surface area (Å²) in [7, 11) is -2.38. The van der Waals surface area contributed by atoms with Crippen LogP contribution in [0.4, 0.5) is 0 Å². The van der Waals surface area contributed by atoms with Crippen LogP contribution in [-0.4, -0.2) is 31.3 Å². The van der Waals surface area contributed by atoms with Gasteiger partial charge in [-0.2, -0.15) is 0 Å². The molecule has 0 unspecified atom stereocenters. The maximum Gasteiger partial charge on any atom is 0.526 e. The topological polar surface area (TPSA) is 27.7 Å². The van der Waals surface area contributed by atoms with Gasteiger partial charge in [-0.25, -0.2) is 0 Å². The molecule has 0 saturated carbocycles. The smallest absolute Gasteiger partial charge is 0.404 e. The molecule has 0 spiro atoms. The monoisotopic (exact) mass is 406 g/mol. The second-order valence-electron chi connectivity index (χ2n) is 6.66. The van der Waals surface area contributed by atoms with Gasteiger partial charge in [0.05, 0.1) is 0 Å². The van der Waals surface area contributed by atoms with Crippen molar-refractivity contribution in [2.45, 2.75) is 6.55 Å². The van der Waals surface area contributed by atoms with Crippen molar-refractivity contribution in [1.82, 2.24) is 0 Å². The Morgan fingerprint density at radius 2 is 1.14 bits per heavy atom. The third-order valence-corrected chi connectivity index (χ3v) is 12.7. The van der Waals surface area contributed by atoms with E-state index in [0.717, 1.165) is 10.8 Å². The van der Waals surface area contributed by atoms with Crippen LogP contribution in [0.5, 0.6) is 0 Å². The maximum absolute atomic E-state index is 6.96. The zero-order valence-corrected chi connectivity index (χ0v) is 18.6. The largest absolute Gasteiger partial charge is 0.526 e. The molecule has 0 N–H and O–H groups in total. The van der Waals surface area contributed by atoms with Gasteiger partial charge in [0.2, 0.25) is 8.32 Å². The fourth-order valence-corrected chi connectivity index (χ4v) is 10.8. The first-order chi connectivity index (χ1) is 13.6. The van der Waals surface area contributed by atoms with Gasteiger partial charge in [-0.05, 0) is 22.5 Å². The summed E-state index contributed by atoms with van der Waals surface area (Å²) in [5.41, 5.74) is 1.05. The van der Waals surface area contributed by atoms with Crippen LogP contribution in [0.2, 0.25) is 6.55 Å². The molecule has 3 aromatic rings. The first-order valence-corrected chi connectivity index (χ1v) is 13.4. The van der Waals surface area contributed by atoms with E-state index >= 15 is 0 Å². The number of hydrogen-bond donors (Lipinski definition) is 0. The molecule has 0 saturated heterocycles. The minimum Gasteiger partial charge on any atom is -0.404 e. The van der Waals surface area contributed by atoms with Gasteiger partial charge in [0.15, 0.2) is 0 Å². The minimum absolute atomic E-state index is 0.939. The molecule has 0 aliphatic heterocycles. The zero-order chi connectivity index (χ0) is 20.0. The summed E-state index contributed by atoms with van der Waals surface area (Å²) < 4.78 is 18.9. The Balaban J connectivity index is 2.12. The van der Waals surface area contributed by atoms with Gasteiger partial charge < -0.3 is 13.0 Å². The van der Waals surface area contributed by atoms with Crippen molar-refractivity contribution >= 4 is 38.8 Å². The van der Waals surface area contributed by atoms with Crippen LogP contribution in [0.1, 0.15) is 5.56 Å². The Morgan fingerprint density at radius 3 is 1.54 bits per heavy atom. The van der Waals surface area contributed by atoms with Crippen molar-refractivity contribution in [3.05, 3.63) is 97.1 Å². The average Bonchev–Trinajstić information content (AvgIpc) is 2.79. The van der Waals surface area contributed by atoms with Crippen LogP contribution in [0.3, 0.4) is 0 Å². The highest BCUT2D eigenvalue weighted by Gasteiger charge is 2.50. The van der Waals surface area contributed by atoms with E-state index in [1.165, 1.54) is 10.4 Å². The van der Waals surface area contributed by atoms with Gasteiger partial charge in [0.1, 0.15) is 0 Å². The summed E-state index contributed by atoms with van der Waals surface area (Å²) >= 11 is 0. The average molecular weight is 407 g/mol. The summed E-state index contributed by atoms with van der Waals surface area (Å²) in [6.07, 6.45) is 1.82. The number of rotatable bonds is 8. The van der Waals surface area contributed by atoms with E-state index in [9.17, 15) is 0 Å². The molecule has 0 amide bonds. The van der Waals surface area contributed by atoms with Crippen LogP contribution in [-0.2, 0) is 13.0 Å². The predicted molar refractivity (Wildman–Crippen MR) is 121 cm³/mol. The van der Waals surface area contributed by atoms with Crippen LogP contribution in [0.15, 0.2) is 91.5 Å². The van der Waals surface area contributed by atoms with Crippen LogP contribution in [0, 0.1) is 0 Å². The van der Waals surface area contributed by atoms with E-state index in [1.54, 1.807) is 14.2 Å². The summed E-state index contributed by atoms with van der Waals surface area (Å²) in [4.78, 5) is 0. The maximum atomic E-state index is 6.96. The molecule has 3 aromatic carbocycles. The molecule has 0 bridgehead atoms. The second-order valence-corrected chi connectivity index (χ2v) is 13.2. The molecule has 3 rings (SSSR count). The Hall–Kier alpha value is -2.29. The lowest BCUT2D eigenvalue weighted by atomic mass is 10.2. The number of benzene rings is 3. The SMILES string of the molecule is C=Cc1ccc([Si](OC)(OC)O[Si](C)(c2ccccc2)c2ccccc2)cc1. The molecule has 3 nitrogen and oxygen atoms in total. The van der Waals surface area contributed by atoms with Crippen molar-refractivity contribution in [2.24, 2.45) is 0 Å². The van der Waals surface area contributed by atoms with E-state index in [4.69, 9.17) is 13.0 Å². The summed E-state index contributed by atoms with van der Waals surface area (Å²) in [6, 6.07) is 28.8. The van der Waals surface area contributed by atoms with Crippen molar-refractivity contribution in [3.63, 3.8) is 0 Å². The fraction of sp³-hybridized carbons (Fsp3) is 0.130. The van der Waals surface area contributed by atoms with Crippen LogP contribution >= 0.6 is 0 Å². The van der Waals surface area contributed by atoms with Gasteiger partial charge in [0, 0.05) is 19.4 Å². The van der Waals surface area contributed by atoms with E-state index in [-0.39, 0.29) is 0 Å². The third kappa shape index (κ3) is 3.94. The lowest BCUT2D eigenvalue weighted by Crippen LogP contribution is -2.69. The molecule has 28 heavy (non-hydrogen) atoms. The van der Waals surface area contributed by atoms with Crippen molar-refractivity contribution in [2.75, 3.05) is 14.2 Å². The lowest BCUT2D eigenvalue weighted by Gasteiger charge is -2.37. The van der Waals surface area contributed by atoms with Crippen molar-refractivity contribution in [1.29, 1.82) is 0 Å². The standard InChI is InChI=1S/C23H26O3Si2/c1-5-20-16-18-23(19-17-20)28(24-2,25-3)26-27(4,21-12-8-6-9-13-21)22-14-10-7-11-15-22/h5-19H,1H2,2-4H3. The van der Waals surface area contributed by atoms with E-state index in [0.29, 0.717) is 0 Å². The van der Waals surface area contributed by atoms with Gasteiger partial charge in [-0.15, -0.1) is 0 Å². The minimum atomic E-state index is -3.13. The highest BCUT2D eigenvalue weighted by Crippen LogP contribution is 2.18. The Labute approximate surface area is 169 Å². The van der Waals surface area contributed by atoms with Gasteiger partial charge in [0.25, 0.3) is 0 Å². The van der Waals surface area contributed by atoms with Gasteiger partial charge >= 0.3 is 8.80 Å². The number of hydrogen-bond acceptors (Lipinski definition) is 3. The molecule has 5 heteroatoms. The van der Waals surface area contributed by atoms with Gasteiger partial charge in [-0.1, -0.05) is 97.6 Å². The molecular formula is C23H26O3Si2. The molecule has 0 fully saturated rings. The Morgan fingerprint density at radius 1 is 0.679 bits per heavy atom. The van der Waals surface area contributed by atoms with Crippen molar-refractivity contribution < 1.29 is 13.0 Å². The zero-order valence-electron chi connectivity index (χ0n) is 16.6. The molecule has 0 aliphatic rings. The summed E-state index contributed by atoms with van der Waals surface area (Å²) in [5, 5.41) is 3.29. The highest BCUT2D eigenvalue weighted by atomic mass is 28.5. The molecular weight excluding hydrogens is 380 g/mol. The van der Waals surface area contributed by atoms with E-state index in [1.807, 2.05) is 42.5 Å². The third-order valence-electron chi connectivity index (χ3n) is 5.03. The van der Waals surface area contributed by atoms with E-state index in [2.05, 4.69) is 61.7 Å². The molecule has 0 heterocycles. The molecule has 144 valence electrons. The Kier molecular flexibility index (Phi) is 6.44. The first-order valence-electron chi connectivity index (χ1n) is 9.22. The van der Waals surface area contributed by atoms with E-state index < -0.39 is 17.1 Å². The van der Waals surface area contributed by atoms with Crippen LogP contribution in [0.25, 0.3) is 6.08 Å². The molecule has 0 aliphatic carbocycles. The van der Waals surface area contributed by atoms with Crippen molar-refractivity contribution in [3.8, 4) is 0 Å². The molecule has 0 aromatic heterocycles. The first kappa shape index (κ1) is 20.4. The lowest BCUT2D eigenvalue weighted by molar-refractivity contribution is 0.177. The highest BCUT2D eigenvalue weighted by molar-refractivity contribution is 7.02. The summed E-state index contributed by atoms with van der Waals surface area (Å²) in [6.45, 7) is 6.03. The molecule has 0 atom stereocenters. The normalized spacial score (nSPS) is 12.0. The predicted octanol–water partition coefficient (Wildman–Crippen LogP) is 3.17.